The number of halogens is 3. The molecular formula is C24H27Cl3N2O2. The number of benzene rings is 2. The molecule has 1 unspecified atom stereocenters. The summed E-state index contributed by atoms with van der Waals surface area (Å²) in [6, 6.07) is 12.0. The fraction of sp³-hybridized carbons (Fsp3) is 0.417. The van der Waals surface area contributed by atoms with Crippen molar-refractivity contribution in [2.75, 3.05) is 0 Å². The lowest BCUT2D eigenvalue weighted by Gasteiger charge is -2.32. The third kappa shape index (κ3) is 6.15. The summed E-state index contributed by atoms with van der Waals surface area (Å²) in [6.45, 7) is 2.06. The van der Waals surface area contributed by atoms with Crippen LogP contribution < -0.4 is 5.32 Å². The second kappa shape index (κ2) is 11.2. The van der Waals surface area contributed by atoms with Crippen molar-refractivity contribution >= 4 is 46.6 Å². The molecular weight excluding hydrogens is 455 g/mol. The highest BCUT2D eigenvalue weighted by molar-refractivity contribution is 6.36. The van der Waals surface area contributed by atoms with E-state index in [9.17, 15) is 9.59 Å². The molecule has 1 fully saturated rings. The van der Waals surface area contributed by atoms with Gasteiger partial charge in [-0.2, -0.15) is 0 Å². The van der Waals surface area contributed by atoms with Gasteiger partial charge in [-0.25, -0.2) is 0 Å². The first-order valence-corrected chi connectivity index (χ1v) is 11.8. The fourth-order valence-corrected chi connectivity index (χ4v) is 4.77. The summed E-state index contributed by atoms with van der Waals surface area (Å²) in [5, 5.41) is 4.59. The van der Waals surface area contributed by atoms with Gasteiger partial charge in [-0.1, -0.05) is 78.8 Å². The molecule has 2 aromatic carbocycles. The van der Waals surface area contributed by atoms with Crippen LogP contribution in [0, 0.1) is 0 Å². The van der Waals surface area contributed by atoms with Crippen LogP contribution in [0.5, 0.6) is 0 Å². The van der Waals surface area contributed by atoms with Gasteiger partial charge in [0.05, 0.1) is 6.42 Å². The molecule has 4 nitrogen and oxygen atoms in total. The lowest BCUT2D eigenvalue weighted by Crippen LogP contribution is -2.51. The Bertz CT molecular complexity index is 909. The predicted octanol–water partition coefficient (Wildman–Crippen LogP) is 6.06. The highest BCUT2D eigenvalue weighted by Gasteiger charge is 2.31. The van der Waals surface area contributed by atoms with Crippen LogP contribution in [0.2, 0.25) is 15.1 Å². The maximum atomic E-state index is 13.4. The number of nitrogens with zero attached hydrogens (tertiary/aromatic N) is 1. The molecule has 0 saturated heterocycles. The molecule has 1 aliphatic rings. The molecule has 0 heterocycles. The van der Waals surface area contributed by atoms with Gasteiger partial charge in [-0.15, -0.1) is 0 Å². The number of carbonyl (C=O) groups excluding carboxylic acids is 2. The van der Waals surface area contributed by atoms with E-state index in [0.717, 1.165) is 31.2 Å². The van der Waals surface area contributed by atoms with Gasteiger partial charge in [-0.3, -0.25) is 9.59 Å². The van der Waals surface area contributed by atoms with Crippen LogP contribution in [0.15, 0.2) is 42.5 Å². The standard InChI is InChI=1S/C24H27Cl3N2O2/c1-2-22(24(31)28-17-9-4-5-10-17)29(15-18-20(26)12-7-13-21(18)27)23(30)14-16-8-3-6-11-19(16)25/h3,6-8,11-13,17,22H,2,4-5,9-10,14-15H2,1H3,(H,28,31). The highest BCUT2D eigenvalue weighted by Crippen LogP contribution is 2.28. The molecule has 1 saturated carbocycles. The summed E-state index contributed by atoms with van der Waals surface area (Å²) < 4.78 is 0. The minimum atomic E-state index is -0.622. The molecule has 31 heavy (non-hydrogen) atoms. The number of hydrogen-bond acceptors (Lipinski definition) is 2. The Morgan fingerprint density at radius 2 is 1.61 bits per heavy atom. The minimum absolute atomic E-state index is 0.0922. The molecule has 7 heteroatoms. The van der Waals surface area contributed by atoms with Crippen molar-refractivity contribution in [2.24, 2.45) is 0 Å². The van der Waals surface area contributed by atoms with Gasteiger partial charge in [0, 0.05) is 33.2 Å². The van der Waals surface area contributed by atoms with Gasteiger partial charge in [-0.05, 0) is 43.0 Å². The summed E-state index contributed by atoms with van der Waals surface area (Å²) in [5.41, 5.74) is 1.35. The molecule has 1 aliphatic carbocycles. The van der Waals surface area contributed by atoms with Crippen molar-refractivity contribution in [1.82, 2.24) is 10.2 Å². The number of carbonyl (C=O) groups is 2. The first-order chi connectivity index (χ1) is 14.9. The molecule has 2 aromatic rings. The average molecular weight is 482 g/mol. The van der Waals surface area contributed by atoms with Crippen molar-refractivity contribution in [2.45, 2.75) is 64.1 Å². The second-order valence-corrected chi connectivity index (χ2v) is 9.13. The highest BCUT2D eigenvalue weighted by atomic mass is 35.5. The van der Waals surface area contributed by atoms with Crippen LogP contribution in [0.3, 0.4) is 0 Å². The van der Waals surface area contributed by atoms with E-state index < -0.39 is 6.04 Å². The number of nitrogens with one attached hydrogen (secondary N) is 1. The summed E-state index contributed by atoms with van der Waals surface area (Å²) in [5.74, 6) is -0.331. The van der Waals surface area contributed by atoms with E-state index in [0.29, 0.717) is 27.1 Å². The van der Waals surface area contributed by atoms with E-state index in [2.05, 4.69) is 5.32 Å². The van der Waals surface area contributed by atoms with E-state index in [1.54, 1.807) is 29.2 Å². The largest absolute Gasteiger partial charge is 0.352 e. The van der Waals surface area contributed by atoms with Gasteiger partial charge in [0.2, 0.25) is 11.8 Å². The maximum Gasteiger partial charge on any atom is 0.243 e. The Morgan fingerprint density at radius 1 is 1.00 bits per heavy atom. The molecule has 2 amide bonds. The Hall–Kier alpha value is -1.75. The zero-order chi connectivity index (χ0) is 22.4. The topological polar surface area (TPSA) is 49.4 Å². The van der Waals surface area contributed by atoms with Crippen molar-refractivity contribution in [1.29, 1.82) is 0 Å². The predicted molar refractivity (Wildman–Crippen MR) is 127 cm³/mol. The van der Waals surface area contributed by atoms with Crippen molar-refractivity contribution in [3.05, 3.63) is 68.7 Å². The Kier molecular flexibility index (Phi) is 8.65. The fourth-order valence-electron chi connectivity index (χ4n) is 4.05. The lowest BCUT2D eigenvalue weighted by molar-refractivity contribution is -0.141. The van der Waals surface area contributed by atoms with E-state index in [4.69, 9.17) is 34.8 Å². The summed E-state index contributed by atoms with van der Waals surface area (Å²) in [4.78, 5) is 28.2. The van der Waals surface area contributed by atoms with Crippen LogP contribution in [0.4, 0.5) is 0 Å². The van der Waals surface area contributed by atoms with Crippen LogP contribution in [0.25, 0.3) is 0 Å². The maximum absolute atomic E-state index is 13.4. The lowest BCUT2D eigenvalue weighted by atomic mass is 10.1. The van der Waals surface area contributed by atoms with E-state index in [1.165, 1.54) is 0 Å². The first-order valence-electron chi connectivity index (χ1n) is 10.7. The molecule has 1 N–H and O–H groups in total. The molecule has 0 radical (unpaired) electrons. The quantitative estimate of drug-likeness (QED) is 0.498. The van der Waals surface area contributed by atoms with Gasteiger partial charge in [0.1, 0.15) is 6.04 Å². The Morgan fingerprint density at radius 3 is 2.23 bits per heavy atom. The van der Waals surface area contributed by atoms with Crippen LogP contribution >= 0.6 is 34.8 Å². The van der Waals surface area contributed by atoms with Gasteiger partial charge in [0.15, 0.2) is 0 Å². The van der Waals surface area contributed by atoms with Crippen molar-refractivity contribution in [3.8, 4) is 0 Å². The number of amides is 2. The van der Waals surface area contributed by atoms with Crippen molar-refractivity contribution in [3.63, 3.8) is 0 Å². The SMILES string of the molecule is CCC(C(=O)NC1CCCC1)N(Cc1c(Cl)cccc1Cl)C(=O)Cc1ccccc1Cl. The van der Waals surface area contributed by atoms with E-state index in [-0.39, 0.29) is 30.8 Å². The molecule has 0 spiro atoms. The third-order valence-corrected chi connectivity index (χ3v) is 6.85. The smallest absolute Gasteiger partial charge is 0.243 e. The zero-order valence-corrected chi connectivity index (χ0v) is 19.8. The minimum Gasteiger partial charge on any atom is -0.352 e. The van der Waals surface area contributed by atoms with Gasteiger partial charge in [0.25, 0.3) is 0 Å². The Balaban J connectivity index is 1.88. The molecule has 0 aliphatic heterocycles. The normalized spacial score (nSPS) is 15.0. The number of rotatable bonds is 8. The summed E-state index contributed by atoms with van der Waals surface area (Å²) >= 11 is 19.0. The van der Waals surface area contributed by atoms with E-state index in [1.807, 2.05) is 25.1 Å². The molecule has 0 bridgehead atoms. The molecule has 3 rings (SSSR count). The first kappa shape index (κ1) is 23.9. The Labute approximate surface area is 198 Å². The second-order valence-electron chi connectivity index (χ2n) is 7.90. The van der Waals surface area contributed by atoms with Crippen LogP contribution in [-0.4, -0.2) is 28.8 Å². The third-order valence-electron chi connectivity index (χ3n) is 5.78. The van der Waals surface area contributed by atoms with Crippen molar-refractivity contribution < 1.29 is 9.59 Å². The van der Waals surface area contributed by atoms with Crippen LogP contribution in [0.1, 0.15) is 50.2 Å². The molecule has 1 atom stereocenters. The summed E-state index contributed by atoms with van der Waals surface area (Å²) in [7, 11) is 0. The average Bonchev–Trinajstić information content (AvgIpc) is 3.24. The van der Waals surface area contributed by atoms with Gasteiger partial charge >= 0.3 is 0 Å². The van der Waals surface area contributed by atoms with Gasteiger partial charge < -0.3 is 10.2 Å². The zero-order valence-electron chi connectivity index (χ0n) is 17.5. The number of hydrogen-bond donors (Lipinski definition) is 1. The molecule has 0 aromatic heterocycles. The summed E-state index contributed by atoms with van der Waals surface area (Å²) in [6.07, 6.45) is 4.76. The van der Waals surface area contributed by atoms with Crippen LogP contribution in [-0.2, 0) is 22.6 Å². The van der Waals surface area contributed by atoms with E-state index >= 15 is 0 Å². The molecule has 166 valence electrons. The monoisotopic (exact) mass is 480 g/mol.